The normalized spacial score (nSPS) is 23.8. The molecule has 3 aromatic rings. The second-order valence-corrected chi connectivity index (χ2v) is 11.5. The van der Waals surface area contributed by atoms with Crippen LogP contribution in [0.15, 0.2) is 59.3 Å². The first-order chi connectivity index (χ1) is 17.0. The van der Waals surface area contributed by atoms with Crippen LogP contribution in [0.2, 0.25) is 0 Å². The lowest BCUT2D eigenvalue weighted by Gasteiger charge is -2.53. The SMILES string of the molecule is O=C(O[C@@H]1CC2CC[N+]1(CCCOc1ccc(CO)cc1)CC2)C(O)(c1cccs1)c1cccs1. The molecule has 186 valence electrons. The summed E-state index contributed by atoms with van der Waals surface area (Å²) < 4.78 is 12.9. The van der Waals surface area contributed by atoms with Gasteiger partial charge >= 0.3 is 5.97 Å². The topological polar surface area (TPSA) is 76.0 Å². The third kappa shape index (κ3) is 4.90. The minimum absolute atomic E-state index is 0.0233. The maximum atomic E-state index is 13.6. The number of thiophene rings is 2. The van der Waals surface area contributed by atoms with E-state index in [-0.39, 0.29) is 12.8 Å². The third-order valence-electron chi connectivity index (χ3n) is 7.53. The van der Waals surface area contributed by atoms with Gasteiger partial charge in [-0.2, -0.15) is 0 Å². The molecular weight excluding hydrogens is 482 g/mol. The fourth-order valence-corrected chi connectivity index (χ4v) is 7.17. The van der Waals surface area contributed by atoms with Crippen LogP contribution in [0.25, 0.3) is 0 Å². The zero-order valence-corrected chi connectivity index (χ0v) is 21.3. The highest BCUT2D eigenvalue weighted by atomic mass is 32.1. The molecule has 0 spiro atoms. The van der Waals surface area contributed by atoms with Crippen LogP contribution in [0.4, 0.5) is 0 Å². The summed E-state index contributed by atoms with van der Waals surface area (Å²) in [6.45, 7) is 3.46. The van der Waals surface area contributed by atoms with Gasteiger partial charge in [-0.3, -0.25) is 4.48 Å². The summed E-state index contributed by atoms with van der Waals surface area (Å²) >= 11 is 2.74. The minimum Gasteiger partial charge on any atom is -0.493 e. The van der Waals surface area contributed by atoms with Crippen LogP contribution in [-0.4, -0.2) is 53.1 Å². The van der Waals surface area contributed by atoms with Gasteiger partial charge in [0.25, 0.3) is 0 Å². The van der Waals surface area contributed by atoms with E-state index >= 15 is 0 Å². The Balaban J connectivity index is 1.27. The van der Waals surface area contributed by atoms with Gasteiger partial charge in [-0.1, -0.05) is 24.3 Å². The molecule has 2 N–H and O–H groups in total. The molecule has 5 heterocycles. The summed E-state index contributed by atoms with van der Waals surface area (Å²) in [6.07, 6.45) is 3.75. The molecule has 6 rings (SSSR count). The first-order valence-corrected chi connectivity index (χ1v) is 14.0. The van der Waals surface area contributed by atoms with E-state index in [0.717, 1.165) is 61.1 Å². The average molecular weight is 515 g/mol. The van der Waals surface area contributed by atoms with E-state index < -0.39 is 11.6 Å². The van der Waals surface area contributed by atoms with Crippen LogP contribution in [0, 0.1) is 5.92 Å². The van der Waals surface area contributed by atoms with Gasteiger partial charge in [0.05, 0.1) is 42.6 Å². The summed E-state index contributed by atoms with van der Waals surface area (Å²) in [6, 6.07) is 14.8. The van der Waals surface area contributed by atoms with E-state index in [4.69, 9.17) is 9.47 Å². The Labute approximate surface area is 214 Å². The Hall–Kier alpha value is -2.23. The maximum Gasteiger partial charge on any atom is 0.353 e. The monoisotopic (exact) mass is 514 g/mol. The van der Waals surface area contributed by atoms with E-state index in [0.29, 0.717) is 22.3 Å². The summed E-state index contributed by atoms with van der Waals surface area (Å²) in [4.78, 5) is 14.8. The number of ether oxygens (including phenoxy) is 2. The number of esters is 1. The fourth-order valence-electron chi connectivity index (χ4n) is 5.46. The molecule has 0 amide bonds. The van der Waals surface area contributed by atoms with Crippen molar-refractivity contribution in [2.24, 2.45) is 5.92 Å². The average Bonchev–Trinajstić information content (AvgIpc) is 3.63. The lowest BCUT2D eigenvalue weighted by Crippen LogP contribution is -2.66. The first kappa shape index (κ1) is 24.5. The van der Waals surface area contributed by atoms with Crippen molar-refractivity contribution in [2.45, 2.75) is 44.1 Å². The van der Waals surface area contributed by atoms with E-state index in [2.05, 4.69) is 0 Å². The van der Waals surface area contributed by atoms with Crippen molar-refractivity contribution in [3.63, 3.8) is 0 Å². The molecule has 2 bridgehead atoms. The van der Waals surface area contributed by atoms with Crippen LogP contribution < -0.4 is 4.74 Å². The minimum atomic E-state index is -1.77. The maximum absolute atomic E-state index is 13.6. The van der Waals surface area contributed by atoms with Crippen molar-refractivity contribution in [2.75, 3.05) is 26.2 Å². The molecule has 3 fully saturated rings. The van der Waals surface area contributed by atoms with Gasteiger partial charge in [0.2, 0.25) is 11.8 Å². The molecule has 3 aliphatic rings. The van der Waals surface area contributed by atoms with E-state index in [9.17, 15) is 15.0 Å². The molecular formula is C27H32NO5S2+. The number of hydrogen-bond acceptors (Lipinski definition) is 7. The van der Waals surface area contributed by atoms with Crippen molar-refractivity contribution >= 4 is 28.6 Å². The number of carbonyl (C=O) groups excluding carboxylic acids is 1. The number of hydrogen-bond donors (Lipinski definition) is 2. The number of aliphatic hydroxyl groups excluding tert-OH is 1. The number of carbonyl (C=O) groups is 1. The number of rotatable bonds is 10. The third-order valence-corrected chi connectivity index (χ3v) is 9.48. The van der Waals surface area contributed by atoms with Crippen molar-refractivity contribution in [3.05, 3.63) is 74.6 Å². The van der Waals surface area contributed by atoms with E-state index in [1.54, 1.807) is 12.1 Å². The molecule has 0 saturated carbocycles. The zero-order valence-electron chi connectivity index (χ0n) is 19.7. The van der Waals surface area contributed by atoms with Crippen molar-refractivity contribution in [1.82, 2.24) is 0 Å². The highest BCUT2D eigenvalue weighted by Crippen LogP contribution is 2.42. The molecule has 3 aliphatic heterocycles. The lowest BCUT2D eigenvalue weighted by molar-refractivity contribution is -0.984. The van der Waals surface area contributed by atoms with Crippen LogP contribution in [-0.2, 0) is 21.7 Å². The van der Waals surface area contributed by atoms with Crippen LogP contribution in [0.5, 0.6) is 5.75 Å². The van der Waals surface area contributed by atoms with E-state index in [1.807, 2.05) is 47.2 Å². The van der Waals surface area contributed by atoms with E-state index in [1.165, 1.54) is 22.7 Å². The van der Waals surface area contributed by atoms with Gasteiger partial charge < -0.3 is 19.7 Å². The fraction of sp³-hybridized carbons (Fsp3) is 0.444. The molecule has 6 nitrogen and oxygen atoms in total. The quantitative estimate of drug-likeness (QED) is 0.237. The molecule has 1 aromatic carbocycles. The van der Waals surface area contributed by atoms with Crippen LogP contribution in [0.3, 0.4) is 0 Å². The molecule has 35 heavy (non-hydrogen) atoms. The van der Waals surface area contributed by atoms with Crippen molar-refractivity contribution in [3.8, 4) is 5.75 Å². The van der Waals surface area contributed by atoms with Crippen LogP contribution >= 0.6 is 22.7 Å². The highest BCUT2D eigenvalue weighted by Gasteiger charge is 2.52. The van der Waals surface area contributed by atoms with Gasteiger partial charge in [0, 0.05) is 25.7 Å². The molecule has 0 radical (unpaired) electrons. The molecule has 8 heteroatoms. The van der Waals surface area contributed by atoms with Gasteiger partial charge in [-0.15, -0.1) is 22.7 Å². The van der Waals surface area contributed by atoms with Gasteiger partial charge in [0.1, 0.15) is 5.75 Å². The molecule has 2 aromatic heterocycles. The smallest absolute Gasteiger partial charge is 0.353 e. The second-order valence-electron chi connectivity index (χ2n) is 9.60. The van der Waals surface area contributed by atoms with Gasteiger partial charge in [0.15, 0.2) is 0 Å². The van der Waals surface area contributed by atoms with Crippen molar-refractivity contribution < 1.29 is 29.0 Å². The number of piperidine rings is 3. The zero-order chi connectivity index (χ0) is 24.3. The molecule has 3 saturated heterocycles. The number of benzene rings is 1. The van der Waals surface area contributed by atoms with Gasteiger partial charge in [-0.25, -0.2) is 4.79 Å². The Morgan fingerprint density at radius 3 is 2.26 bits per heavy atom. The summed E-state index contributed by atoms with van der Waals surface area (Å²) in [7, 11) is 0. The van der Waals surface area contributed by atoms with Gasteiger partial charge in [-0.05, 0) is 46.5 Å². The number of quaternary nitrogens is 1. The number of aliphatic hydroxyl groups is 2. The standard InChI is InChI=1S/C27H32NO5S2/c29-19-21-6-8-22(9-7-21)32-15-3-12-28-13-10-20(11-14-28)18-25(28)33-26(30)27(31,23-4-1-16-34-23)24-5-2-17-35-24/h1-2,4-9,16-17,20,25,29,31H,3,10-15,18-19H2/q+1/t20?,25-,28?/m1/s1. The largest absolute Gasteiger partial charge is 0.493 e. The van der Waals surface area contributed by atoms with Crippen molar-refractivity contribution in [1.29, 1.82) is 0 Å². The highest BCUT2D eigenvalue weighted by molar-refractivity contribution is 7.12. The second kappa shape index (κ2) is 10.4. The lowest BCUT2D eigenvalue weighted by atomic mass is 9.84. The predicted molar refractivity (Wildman–Crippen MR) is 136 cm³/mol. The Morgan fingerprint density at radius 2 is 1.69 bits per heavy atom. The summed E-state index contributed by atoms with van der Waals surface area (Å²) in [5.41, 5.74) is -0.907. The molecule has 1 atom stereocenters. The summed E-state index contributed by atoms with van der Waals surface area (Å²) in [5.74, 6) is 0.794. The molecule has 0 aliphatic carbocycles. The Bertz CT molecular complexity index is 1060. The summed E-state index contributed by atoms with van der Waals surface area (Å²) in [5, 5.41) is 24.6. The molecule has 0 unspecified atom stereocenters. The van der Waals surface area contributed by atoms with Crippen LogP contribution in [0.1, 0.15) is 41.0 Å². The first-order valence-electron chi connectivity index (χ1n) is 12.2. The number of nitrogens with zero attached hydrogens (tertiary/aromatic N) is 1. The Kier molecular flexibility index (Phi) is 7.27. The number of fused-ring (bicyclic) bond motifs is 3. The predicted octanol–water partition coefficient (Wildman–Crippen LogP) is 4.51. The Morgan fingerprint density at radius 1 is 1.03 bits per heavy atom.